The Balaban J connectivity index is 1.60. The molecule has 1 aliphatic carbocycles. The quantitative estimate of drug-likeness (QED) is 0.611. The van der Waals surface area contributed by atoms with Crippen LogP contribution in [0.1, 0.15) is 34.6 Å². The average Bonchev–Trinajstić information content (AvgIpc) is 3.05. The summed E-state index contributed by atoms with van der Waals surface area (Å²) in [4.78, 5) is 2.68. The Morgan fingerprint density at radius 3 is 2.27 bits per heavy atom. The van der Waals surface area contributed by atoms with E-state index in [1.807, 2.05) is 0 Å². The van der Waals surface area contributed by atoms with Crippen LogP contribution in [0.25, 0.3) is 5.57 Å². The van der Waals surface area contributed by atoms with Crippen LogP contribution in [-0.4, -0.2) is 17.5 Å². The molecule has 0 fully saturated rings. The molecule has 1 heteroatoms. The Kier molecular flexibility index (Phi) is 3.95. The summed E-state index contributed by atoms with van der Waals surface area (Å²) in [5.74, 6) is 0.419. The van der Waals surface area contributed by atoms with E-state index in [1.54, 1.807) is 0 Å². The number of hydrogen-bond acceptors (Lipinski definition) is 1. The fraction of sp³-hybridized carbons (Fsp3) is 0.200. The summed E-state index contributed by atoms with van der Waals surface area (Å²) >= 11 is 0. The number of nitrogens with zero attached hydrogens (tertiary/aromatic N) is 1. The first-order valence-electron chi connectivity index (χ1n) is 9.54. The van der Waals surface area contributed by atoms with E-state index < -0.39 is 0 Å². The molecule has 1 heterocycles. The van der Waals surface area contributed by atoms with Gasteiger partial charge < -0.3 is 0 Å². The second kappa shape index (κ2) is 6.59. The molecule has 3 aromatic rings. The van der Waals surface area contributed by atoms with Crippen molar-refractivity contribution in [2.45, 2.75) is 24.9 Å². The van der Waals surface area contributed by atoms with Gasteiger partial charge in [0, 0.05) is 25.0 Å². The van der Waals surface area contributed by atoms with Crippen molar-refractivity contribution in [1.82, 2.24) is 4.90 Å². The third-order valence-corrected chi connectivity index (χ3v) is 5.80. The van der Waals surface area contributed by atoms with Gasteiger partial charge in [-0.2, -0.15) is 0 Å². The minimum atomic E-state index is 0.419. The highest BCUT2D eigenvalue weighted by atomic mass is 15.2. The van der Waals surface area contributed by atoms with E-state index in [1.165, 1.54) is 27.8 Å². The van der Waals surface area contributed by atoms with Crippen molar-refractivity contribution in [3.8, 4) is 0 Å². The molecule has 2 aliphatic rings. The molecule has 0 N–H and O–H groups in total. The van der Waals surface area contributed by atoms with Gasteiger partial charge in [-0.15, -0.1) is 0 Å². The molecule has 2 atom stereocenters. The number of fused-ring (bicyclic) bond motifs is 3. The van der Waals surface area contributed by atoms with E-state index in [0.29, 0.717) is 12.0 Å². The minimum absolute atomic E-state index is 0.419. The zero-order valence-corrected chi connectivity index (χ0v) is 14.9. The predicted octanol–water partition coefficient (Wildman–Crippen LogP) is 5.49. The number of hydrogen-bond donors (Lipinski definition) is 0. The standard InChI is InChI=1S/C25H23N/c1-3-10-19(11-4-1)18-26-17-9-16-23-21-14-7-8-15-22(21)24(25(23)26)20-12-5-2-6-13-20/h1-8,10-16,24-25H,9,17-18H2/t24-,25+/m1/s1. The molecular weight excluding hydrogens is 314 g/mol. The van der Waals surface area contributed by atoms with Gasteiger partial charge in [-0.25, -0.2) is 0 Å². The molecule has 3 aromatic carbocycles. The molecule has 0 amide bonds. The van der Waals surface area contributed by atoms with Crippen molar-refractivity contribution < 1.29 is 0 Å². The van der Waals surface area contributed by atoms with Gasteiger partial charge in [-0.1, -0.05) is 91.0 Å². The van der Waals surface area contributed by atoms with E-state index in [-0.39, 0.29) is 0 Å². The first-order valence-corrected chi connectivity index (χ1v) is 9.54. The maximum atomic E-state index is 2.68. The minimum Gasteiger partial charge on any atom is -0.291 e. The largest absolute Gasteiger partial charge is 0.291 e. The molecule has 0 bridgehead atoms. The lowest BCUT2D eigenvalue weighted by Gasteiger charge is -2.37. The molecule has 0 radical (unpaired) electrons. The number of benzene rings is 3. The van der Waals surface area contributed by atoms with E-state index >= 15 is 0 Å². The van der Waals surface area contributed by atoms with E-state index in [9.17, 15) is 0 Å². The summed E-state index contributed by atoms with van der Waals surface area (Å²) in [5, 5.41) is 0. The van der Waals surface area contributed by atoms with Crippen molar-refractivity contribution in [1.29, 1.82) is 0 Å². The predicted molar refractivity (Wildman–Crippen MR) is 108 cm³/mol. The van der Waals surface area contributed by atoms with E-state index in [2.05, 4.69) is 95.9 Å². The molecule has 128 valence electrons. The first kappa shape index (κ1) is 15.6. The van der Waals surface area contributed by atoms with Crippen molar-refractivity contribution in [3.63, 3.8) is 0 Å². The average molecular weight is 337 g/mol. The van der Waals surface area contributed by atoms with Gasteiger partial charge in [0.1, 0.15) is 0 Å². The van der Waals surface area contributed by atoms with E-state index in [4.69, 9.17) is 0 Å². The fourth-order valence-electron chi connectivity index (χ4n) is 4.72. The summed E-state index contributed by atoms with van der Waals surface area (Å²) < 4.78 is 0. The maximum absolute atomic E-state index is 2.68. The molecule has 0 spiro atoms. The summed E-state index contributed by atoms with van der Waals surface area (Å²) in [6.45, 7) is 2.14. The summed E-state index contributed by atoms with van der Waals surface area (Å²) in [5.41, 5.74) is 7.28. The van der Waals surface area contributed by atoms with Crippen LogP contribution in [-0.2, 0) is 6.54 Å². The summed E-state index contributed by atoms with van der Waals surface area (Å²) in [6, 6.07) is 31.4. The molecule has 0 aromatic heterocycles. The molecule has 5 rings (SSSR count). The Hall–Kier alpha value is -2.64. The van der Waals surface area contributed by atoms with Gasteiger partial charge in [0.25, 0.3) is 0 Å². The third kappa shape index (κ3) is 2.60. The van der Waals surface area contributed by atoms with Gasteiger partial charge in [-0.3, -0.25) is 4.90 Å². The van der Waals surface area contributed by atoms with Crippen LogP contribution < -0.4 is 0 Å². The van der Waals surface area contributed by atoms with Crippen molar-refractivity contribution >= 4 is 5.57 Å². The molecule has 1 nitrogen and oxygen atoms in total. The van der Waals surface area contributed by atoms with Crippen LogP contribution >= 0.6 is 0 Å². The van der Waals surface area contributed by atoms with Crippen LogP contribution in [0.2, 0.25) is 0 Å². The molecule has 0 saturated heterocycles. The zero-order chi connectivity index (χ0) is 17.3. The normalized spacial score (nSPS) is 21.8. The SMILES string of the molecule is C1=C2c3ccccc3[C@@H](c3ccccc3)[C@H]2N(Cc2ccccc2)CC1. The highest BCUT2D eigenvalue weighted by Gasteiger charge is 2.41. The fourth-order valence-corrected chi connectivity index (χ4v) is 4.72. The molecule has 1 aliphatic heterocycles. The van der Waals surface area contributed by atoms with Gasteiger partial charge in [0.15, 0.2) is 0 Å². The Bertz CT molecular complexity index is 927. The highest BCUT2D eigenvalue weighted by molar-refractivity contribution is 5.80. The maximum Gasteiger partial charge on any atom is 0.0464 e. The zero-order valence-electron chi connectivity index (χ0n) is 14.9. The molecule has 0 unspecified atom stereocenters. The third-order valence-electron chi connectivity index (χ3n) is 5.80. The molecule has 26 heavy (non-hydrogen) atoms. The van der Waals surface area contributed by atoms with Gasteiger partial charge in [0.2, 0.25) is 0 Å². The van der Waals surface area contributed by atoms with Gasteiger partial charge in [-0.05, 0) is 34.2 Å². The van der Waals surface area contributed by atoms with Crippen LogP contribution in [0.4, 0.5) is 0 Å². The lowest BCUT2D eigenvalue weighted by molar-refractivity contribution is 0.213. The van der Waals surface area contributed by atoms with Crippen molar-refractivity contribution in [2.24, 2.45) is 0 Å². The van der Waals surface area contributed by atoms with Crippen LogP contribution in [0.3, 0.4) is 0 Å². The number of rotatable bonds is 3. The highest BCUT2D eigenvalue weighted by Crippen LogP contribution is 2.49. The Labute approximate surface area is 155 Å². The Morgan fingerprint density at radius 1 is 0.769 bits per heavy atom. The lowest BCUT2D eigenvalue weighted by atomic mass is 9.87. The van der Waals surface area contributed by atoms with Gasteiger partial charge in [0.05, 0.1) is 0 Å². The molecular formula is C25H23N. The monoisotopic (exact) mass is 337 g/mol. The lowest BCUT2D eigenvalue weighted by Crippen LogP contribution is -2.40. The first-order chi connectivity index (χ1) is 12.9. The van der Waals surface area contributed by atoms with Crippen LogP contribution in [0.15, 0.2) is 91.0 Å². The Morgan fingerprint density at radius 2 is 1.46 bits per heavy atom. The summed E-state index contributed by atoms with van der Waals surface area (Å²) in [7, 11) is 0. The van der Waals surface area contributed by atoms with E-state index in [0.717, 1.165) is 19.5 Å². The van der Waals surface area contributed by atoms with Crippen LogP contribution in [0.5, 0.6) is 0 Å². The summed E-state index contributed by atoms with van der Waals surface area (Å²) in [6.07, 6.45) is 3.61. The van der Waals surface area contributed by atoms with Crippen LogP contribution in [0, 0.1) is 0 Å². The molecule has 0 saturated carbocycles. The topological polar surface area (TPSA) is 3.24 Å². The second-order valence-corrected chi connectivity index (χ2v) is 7.32. The van der Waals surface area contributed by atoms with Gasteiger partial charge >= 0.3 is 0 Å². The smallest absolute Gasteiger partial charge is 0.0464 e. The van der Waals surface area contributed by atoms with Crippen molar-refractivity contribution in [2.75, 3.05) is 6.54 Å². The van der Waals surface area contributed by atoms with Crippen molar-refractivity contribution in [3.05, 3.63) is 113 Å². The second-order valence-electron chi connectivity index (χ2n) is 7.32.